The maximum Gasteiger partial charge on any atom is 0.276 e. The van der Waals surface area contributed by atoms with Gasteiger partial charge in [0.25, 0.3) is 5.91 Å². The summed E-state index contributed by atoms with van der Waals surface area (Å²) in [6, 6.07) is 3.38. The minimum absolute atomic E-state index is 0.142. The van der Waals surface area contributed by atoms with Gasteiger partial charge in [-0.25, -0.2) is 0 Å². The number of aryl methyl sites for hydroxylation is 1. The highest BCUT2D eigenvalue weighted by Crippen LogP contribution is 2.24. The molecule has 7 heteroatoms. The Morgan fingerprint density at radius 3 is 3.20 bits per heavy atom. The van der Waals surface area contributed by atoms with Gasteiger partial charge in [-0.05, 0) is 6.07 Å². The van der Waals surface area contributed by atoms with E-state index in [1.54, 1.807) is 17.2 Å². The first-order chi connectivity index (χ1) is 9.79. The fourth-order valence-electron chi connectivity index (χ4n) is 2.28. The number of hydrogen-bond acceptors (Lipinski definition) is 5. The Kier molecular flexibility index (Phi) is 3.51. The number of nitrogens with zero attached hydrogens (tertiary/aromatic N) is 3. The second-order valence-electron chi connectivity index (χ2n) is 4.63. The first kappa shape index (κ1) is 12.9. The molecule has 0 spiro atoms. The Labute approximate surface area is 115 Å². The standard InChI is InChI=1S/C13H16N4O3/c1-2-9-7-11(16-20-9)13(18)17-5-6-19-8-12(17)10-3-4-14-15-10/h3-4,7,12H,2,5-6,8H2,1H3,(H,14,15). The number of ether oxygens (including phenoxy) is 1. The van der Waals surface area contributed by atoms with Crippen LogP contribution < -0.4 is 0 Å². The van der Waals surface area contributed by atoms with Crippen molar-refractivity contribution in [2.24, 2.45) is 0 Å². The highest BCUT2D eigenvalue weighted by Gasteiger charge is 2.31. The highest BCUT2D eigenvalue weighted by atomic mass is 16.5. The van der Waals surface area contributed by atoms with Crippen molar-refractivity contribution in [1.82, 2.24) is 20.3 Å². The lowest BCUT2D eigenvalue weighted by Crippen LogP contribution is -2.43. The molecule has 2 aromatic rings. The second kappa shape index (κ2) is 5.46. The van der Waals surface area contributed by atoms with Gasteiger partial charge in [0.15, 0.2) is 5.69 Å². The summed E-state index contributed by atoms with van der Waals surface area (Å²) in [4.78, 5) is 14.3. The van der Waals surface area contributed by atoms with E-state index in [2.05, 4.69) is 15.4 Å². The van der Waals surface area contributed by atoms with Crippen molar-refractivity contribution in [2.75, 3.05) is 19.8 Å². The zero-order chi connectivity index (χ0) is 13.9. The zero-order valence-electron chi connectivity index (χ0n) is 11.2. The lowest BCUT2D eigenvalue weighted by Gasteiger charge is -2.34. The van der Waals surface area contributed by atoms with E-state index in [9.17, 15) is 4.79 Å². The van der Waals surface area contributed by atoms with Crippen LogP contribution in [0.2, 0.25) is 0 Å². The molecule has 3 rings (SSSR count). The van der Waals surface area contributed by atoms with Crippen LogP contribution >= 0.6 is 0 Å². The van der Waals surface area contributed by atoms with Crippen molar-refractivity contribution in [3.63, 3.8) is 0 Å². The minimum atomic E-state index is -0.166. The summed E-state index contributed by atoms with van der Waals surface area (Å²) < 4.78 is 10.6. The van der Waals surface area contributed by atoms with Crippen molar-refractivity contribution < 1.29 is 14.1 Å². The van der Waals surface area contributed by atoms with Crippen molar-refractivity contribution in [2.45, 2.75) is 19.4 Å². The number of morpholine rings is 1. The Balaban J connectivity index is 1.84. The SMILES string of the molecule is CCc1cc(C(=O)N2CCOCC2c2ccn[nH]2)no1. The number of aromatic nitrogens is 3. The third-order valence-electron chi connectivity index (χ3n) is 3.40. The molecule has 7 nitrogen and oxygen atoms in total. The van der Waals surface area contributed by atoms with Crippen LogP contribution in [0, 0.1) is 0 Å². The molecule has 0 aromatic carbocycles. The van der Waals surface area contributed by atoms with Crippen LogP contribution in [0.1, 0.15) is 34.9 Å². The molecule has 106 valence electrons. The molecule has 0 saturated carbocycles. The molecule has 1 saturated heterocycles. The van der Waals surface area contributed by atoms with Crippen LogP contribution in [0.4, 0.5) is 0 Å². The first-order valence-corrected chi connectivity index (χ1v) is 6.63. The Bertz CT molecular complexity index is 578. The number of H-pyrrole nitrogens is 1. The minimum Gasteiger partial charge on any atom is -0.377 e. The van der Waals surface area contributed by atoms with E-state index in [0.717, 1.165) is 5.69 Å². The summed E-state index contributed by atoms with van der Waals surface area (Å²) in [5.74, 6) is 0.566. The molecule has 0 aliphatic carbocycles. The first-order valence-electron chi connectivity index (χ1n) is 6.63. The molecule has 1 unspecified atom stereocenters. The van der Waals surface area contributed by atoms with Gasteiger partial charge in [-0.1, -0.05) is 12.1 Å². The fourth-order valence-corrected chi connectivity index (χ4v) is 2.28. The van der Waals surface area contributed by atoms with Gasteiger partial charge in [0, 0.05) is 25.2 Å². The van der Waals surface area contributed by atoms with Gasteiger partial charge < -0.3 is 14.2 Å². The molecule has 1 amide bonds. The second-order valence-corrected chi connectivity index (χ2v) is 4.63. The third kappa shape index (κ3) is 2.32. The molecule has 0 radical (unpaired) electrons. The largest absolute Gasteiger partial charge is 0.377 e. The van der Waals surface area contributed by atoms with Gasteiger partial charge in [-0.15, -0.1) is 0 Å². The monoisotopic (exact) mass is 276 g/mol. The van der Waals surface area contributed by atoms with Gasteiger partial charge in [0.1, 0.15) is 5.76 Å². The number of amides is 1. The van der Waals surface area contributed by atoms with E-state index >= 15 is 0 Å². The fraction of sp³-hybridized carbons (Fsp3) is 0.462. The van der Waals surface area contributed by atoms with Crippen molar-refractivity contribution in [3.05, 3.63) is 35.5 Å². The van der Waals surface area contributed by atoms with Crippen LogP contribution in [0.3, 0.4) is 0 Å². The van der Waals surface area contributed by atoms with Crippen molar-refractivity contribution in [1.29, 1.82) is 0 Å². The molecular formula is C13H16N4O3. The van der Waals surface area contributed by atoms with Gasteiger partial charge in [-0.3, -0.25) is 9.89 Å². The Hall–Kier alpha value is -2.15. The molecule has 2 aromatic heterocycles. The van der Waals surface area contributed by atoms with Crippen LogP contribution in [0.15, 0.2) is 22.9 Å². The number of hydrogen-bond donors (Lipinski definition) is 1. The zero-order valence-corrected chi connectivity index (χ0v) is 11.2. The van der Waals surface area contributed by atoms with Gasteiger partial charge in [0.2, 0.25) is 0 Å². The third-order valence-corrected chi connectivity index (χ3v) is 3.40. The van der Waals surface area contributed by atoms with Gasteiger partial charge >= 0.3 is 0 Å². The number of aromatic amines is 1. The topological polar surface area (TPSA) is 84.3 Å². The summed E-state index contributed by atoms with van der Waals surface area (Å²) in [5, 5.41) is 10.7. The number of carbonyl (C=O) groups excluding carboxylic acids is 1. The summed E-state index contributed by atoms with van der Waals surface area (Å²) in [7, 11) is 0. The smallest absolute Gasteiger partial charge is 0.276 e. The molecule has 1 N–H and O–H groups in total. The lowest BCUT2D eigenvalue weighted by molar-refractivity contribution is -0.00441. The summed E-state index contributed by atoms with van der Waals surface area (Å²) >= 11 is 0. The predicted octanol–water partition coefficient (Wildman–Crippen LogP) is 1.17. The average Bonchev–Trinajstić information content (AvgIpc) is 3.17. The molecule has 20 heavy (non-hydrogen) atoms. The van der Waals surface area contributed by atoms with Crippen molar-refractivity contribution in [3.8, 4) is 0 Å². The molecule has 3 heterocycles. The van der Waals surface area contributed by atoms with Crippen LogP contribution in [-0.4, -0.2) is 45.9 Å². The quantitative estimate of drug-likeness (QED) is 0.909. The summed E-state index contributed by atoms with van der Waals surface area (Å²) in [6.45, 7) is 3.45. The van der Waals surface area contributed by atoms with Gasteiger partial charge in [0.05, 0.1) is 24.9 Å². The van der Waals surface area contributed by atoms with E-state index in [-0.39, 0.29) is 11.9 Å². The molecule has 1 fully saturated rings. The Morgan fingerprint density at radius 2 is 2.50 bits per heavy atom. The molecule has 1 aliphatic rings. The summed E-state index contributed by atoms with van der Waals surface area (Å²) in [5.41, 5.74) is 1.20. The van der Waals surface area contributed by atoms with Crippen LogP contribution in [0.5, 0.6) is 0 Å². The molecule has 1 aliphatic heterocycles. The van der Waals surface area contributed by atoms with E-state index in [1.807, 2.05) is 13.0 Å². The van der Waals surface area contributed by atoms with E-state index in [1.165, 1.54) is 0 Å². The maximum atomic E-state index is 12.5. The molecule has 0 bridgehead atoms. The molecule has 1 atom stereocenters. The maximum absolute atomic E-state index is 12.5. The summed E-state index contributed by atoms with van der Waals surface area (Å²) in [6.07, 6.45) is 2.38. The number of rotatable bonds is 3. The van der Waals surface area contributed by atoms with E-state index in [4.69, 9.17) is 9.26 Å². The van der Waals surface area contributed by atoms with E-state index in [0.29, 0.717) is 37.6 Å². The van der Waals surface area contributed by atoms with Crippen LogP contribution in [0.25, 0.3) is 0 Å². The number of nitrogens with one attached hydrogen (secondary N) is 1. The predicted molar refractivity (Wildman–Crippen MR) is 69.1 cm³/mol. The van der Waals surface area contributed by atoms with Gasteiger partial charge in [-0.2, -0.15) is 5.10 Å². The lowest BCUT2D eigenvalue weighted by atomic mass is 10.1. The average molecular weight is 276 g/mol. The highest BCUT2D eigenvalue weighted by molar-refractivity contribution is 5.92. The van der Waals surface area contributed by atoms with E-state index < -0.39 is 0 Å². The Morgan fingerprint density at radius 1 is 1.60 bits per heavy atom. The van der Waals surface area contributed by atoms with Crippen LogP contribution in [-0.2, 0) is 11.2 Å². The molecular weight excluding hydrogens is 260 g/mol. The number of carbonyl (C=O) groups is 1. The van der Waals surface area contributed by atoms with Crippen molar-refractivity contribution >= 4 is 5.91 Å². The normalized spacial score (nSPS) is 19.2.